The van der Waals surface area contributed by atoms with Crippen molar-refractivity contribution < 1.29 is 19.1 Å². The number of Topliss-reactive ketones (excluding diaryl/α,β-unsaturated/α-hetero) is 3. The third kappa shape index (κ3) is 1.06. The summed E-state index contributed by atoms with van der Waals surface area (Å²) in [6.45, 7) is 1.93. The van der Waals surface area contributed by atoms with Crippen LogP contribution in [0.25, 0.3) is 0 Å². The molecule has 1 saturated carbocycles. The van der Waals surface area contributed by atoms with Crippen LogP contribution in [-0.4, -0.2) is 29.1 Å². The molecule has 4 nitrogen and oxygen atoms in total. The van der Waals surface area contributed by atoms with Gasteiger partial charge in [0.1, 0.15) is 6.10 Å². The summed E-state index contributed by atoms with van der Waals surface area (Å²) in [6.07, 6.45) is 1.62. The van der Waals surface area contributed by atoms with Crippen molar-refractivity contribution in [1.29, 1.82) is 0 Å². The Labute approximate surface area is 127 Å². The van der Waals surface area contributed by atoms with E-state index < -0.39 is 29.0 Å². The van der Waals surface area contributed by atoms with Crippen molar-refractivity contribution in [3.63, 3.8) is 0 Å². The second kappa shape index (κ2) is 3.57. The van der Waals surface area contributed by atoms with Crippen LogP contribution in [0.2, 0.25) is 0 Å². The molecule has 1 aromatic rings. The minimum Gasteiger partial charge on any atom is -0.361 e. The van der Waals surface area contributed by atoms with Gasteiger partial charge < -0.3 is 4.74 Å². The predicted octanol–water partition coefficient (Wildman–Crippen LogP) is 2.21. The van der Waals surface area contributed by atoms with Gasteiger partial charge in [0.2, 0.25) is 0 Å². The van der Waals surface area contributed by atoms with Crippen LogP contribution in [0.1, 0.15) is 46.9 Å². The van der Waals surface area contributed by atoms with Gasteiger partial charge in [-0.2, -0.15) is 0 Å². The smallest absolute Gasteiger partial charge is 0.171 e. The summed E-state index contributed by atoms with van der Waals surface area (Å²) in [7, 11) is 0. The maximum atomic E-state index is 13.1. The van der Waals surface area contributed by atoms with Crippen molar-refractivity contribution in [2.24, 2.45) is 17.3 Å². The van der Waals surface area contributed by atoms with Gasteiger partial charge in [0.15, 0.2) is 17.3 Å². The first-order chi connectivity index (χ1) is 10.5. The van der Waals surface area contributed by atoms with E-state index in [-0.39, 0.29) is 17.3 Å². The van der Waals surface area contributed by atoms with Crippen LogP contribution in [0.5, 0.6) is 0 Å². The number of carbonyl (C=O) groups excluding carboxylic acids is 3. The van der Waals surface area contributed by atoms with Crippen molar-refractivity contribution in [2.75, 3.05) is 0 Å². The molecule has 3 fully saturated rings. The van der Waals surface area contributed by atoms with E-state index >= 15 is 0 Å². The highest BCUT2D eigenvalue weighted by Crippen LogP contribution is 2.67. The maximum Gasteiger partial charge on any atom is 0.171 e. The number of hydrogen-bond acceptors (Lipinski definition) is 4. The van der Waals surface area contributed by atoms with Crippen molar-refractivity contribution >= 4 is 17.3 Å². The Hall–Kier alpha value is -1.81. The zero-order chi connectivity index (χ0) is 15.3. The van der Waals surface area contributed by atoms with E-state index in [1.807, 2.05) is 6.92 Å². The topological polar surface area (TPSA) is 60.4 Å². The molecule has 4 heteroatoms. The number of carbonyl (C=O) groups is 3. The second-order valence-corrected chi connectivity index (χ2v) is 7.26. The number of fused-ring (bicyclic) bond motifs is 4. The third-order valence-corrected chi connectivity index (χ3v) is 6.53. The van der Waals surface area contributed by atoms with Gasteiger partial charge in [-0.1, -0.05) is 24.3 Å². The largest absolute Gasteiger partial charge is 0.361 e. The molecule has 0 unspecified atom stereocenters. The van der Waals surface area contributed by atoms with Gasteiger partial charge in [-0.05, 0) is 26.2 Å². The van der Waals surface area contributed by atoms with E-state index in [9.17, 15) is 14.4 Å². The zero-order valence-electron chi connectivity index (χ0n) is 12.3. The second-order valence-electron chi connectivity index (χ2n) is 7.26. The molecule has 5 rings (SSSR count). The van der Waals surface area contributed by atoms with Crippen LogP contribution in [-0.2, 0) is 9.53 Å². The van der Waals surface area contributed by atoms with E-state index in [0.717, 1.165) is 12.8 Å². The van der Waals surface area contributed by atoms with Gasteiger partial charge in [0.25, 0.3) is 0 Å². The molecular weight excluding hydrogens is 280 g/mol. The number of hydrogen-bond donors (Lipinski definition) is 0. The number of rotatable bonds is 0. The first kappa shape index (κ1) is 12.7. The Balaban J connectivity index is 1.77. The van der Waals surface area contributed by atoms with Crippen LogP contribution < -0.4 is 0 Å². The Morgan fingerprint density at radius 1 is 1.05 bits per heavy atom. The van der Waals surface area contributed by atoms with Crippen molar-refractivity contribution in [3.8, 4) is 0 Å². The molecule has 112 valence electrons. The van der Waals surface area contributed by atoms with E-state index in [1.165, 1.54) is 0 Å². The van der Waals surface area contributed by atoms with E-state index in [1.54, 1.807) is 24.3 Å². The summed E-state index contributed by atoms with van der Waals surface area (Å²) < 4.78 is 6.13. The fourth-order valence-corrected chi connectivity index (χ4v) is 5.50. The lowest BCUT2D eigenvalue weighted by Gasteiger charge is -2.43. The predicted molar refractivity (Wildman–Crippen MR) is 76.7 cm³/mol. The van der Waals surface area contributed by atoms with Gasteiger partial charge in [-0.3, -0.25) is 14.4 Å². The molecular formula is C18H16O4. The minimum absolute atomic E-state index is 0.0108. The monoisotopic (exact) mass is 296 g/mol. The minimum atomic E-state index is -0.750. The fourth-order valence-electron chi connectivity index (χ4n) is 5.50. The average Bonchev–Trinajstić information content (AvgIpc) is 3.11. The molecule has 0 amide bonds. The SMILES string of the molecule is C[C@]12CCC[C@@]13O[C@@H](C2=O)[C@@H]1C(=O)c2ccccc2C(=O)[C@@H]13. The van der Waals surface area contributed by atoms with Gasteiger partial charge in [-0.15, -0.1) is 0 Å². The molecule has 2 aliphatic heterocycles. The molecule has 0 aromatic heterocycles. The van der Waals surface area contributed by atoms with E-state index in [4.69, 9.17) is 4.74 Å². The molecule has 2 aliphatic carbocycles. The summed E-state index contributed by atoms with van der Waals surface area (Å²) >= 11 is 0. The van der Waals surface area contributed by atoms with E-state index in [2.05, 4.69) is 0 Å². The molecule has 2 heterocycles. The lowest BCUT2D eigenvalue weighted by atomic mass is 9.54. The third-order valence-electron chi connectivity index (χ3n) is 6.53. The standard InChI is InChI=1S/C18H16O4/c1-17-7-4-8-18(17)12-11(15(22-18)16(17)21)13(19)9-5-2-3-6-10(9)14(12)20/h2-3,5-6,11-12,15H,4,7-8H2,1H3/t11-,12+,15+,17+,18-/m0/s1. The van der Waals surface area contributed by atoms with Crippen molar-refractivity contribution in [3.05, 3.63) is 35.4 Å². The highest BCUT2D eigenvalue weighted by Gasteiger charge is 2.78. The quantitative estimate of drug-likeness (QED) is 0.736. The molecule has 1 spiro atoms. The number of ether oxygens (including phenoxy) is 1. The number of benzene rings is 1. The average molecular weight is 296 g/mol. The first-order valence-corrected chi connectivity index (χ1v) is 7.91. The fraction of sp³-hybridized carbons (Fsp3) is 0.500. The molecule has 2 bridgehead atoms. The van der Waals surface area contributed by atoms with Crippen molar-refractivity contribution in [2.45, 2.75) is 37.9 Å². The Kier molecular flexibility index (Phi) is 2.06. The zero-order valence-corrected chi connectivity index (χ0v) is 12.3. The lowest BCUT2D eigenvalue weighted by Crippen LogP contribution is -2.58. The van der Waals surface area contributed by atoms with Crippen LogP contribution in [0.4, 0.5) is 0 Å². The Morgan fingerprint density at radius 2 is 1.73 bits per heavy atom. The molecule has 5 atom stereocenters. The van der Waals surface area contributed by atoms with Crippen molar-refractivity contribution in [1.82, 2.24) is 0 Å². The van der Waals surface area contributed by atoms with Gasteiger partial charge in [0, 0.05) is 11.1 Å². The first-order valence-electron chi connectivity index (χ1n) is 7.91. The summed E-state index contributed by atoms with van der Waals surface area (Å²) in [5.41, 5.74) is -0.393. The Morgan fingerprint density at radius 3 is 2.45 bits per heavy atom. The molecule has 2 saturated heterocycles. The van der Waals surface area contributed by atoms with Crippen LogP contribution >= 0.6 is 0 Å². The lowest BCUT2D eigenvalue weighted by molar-refractivity contribution is -0.131. The summed E-state index contributed by atoms with van der Waals surface area (Å²) in [4.78, 5) is 38.8. The highest BCUT2D eigenvalue weighted by molar-refractivity contribution is 6.20. The molecule has 0 N–H and O–H groups in total. The van der Waals surface area contributed by atoms with Crippen LogP contribution in [0.15, 0.2) is 24.3 Å². The normalized spacial score (nSPS) is 45.0. The number of ketones is 3. The molecule has 0 radical (unpaired) electrons. The summed E-state index contributed by atoms with van der Waals surface area (Å²) in [6, 6.07) is 6.96. The molecule has 1 aromatic carbocycles. The van der Waals surface area contributed by atoms with Gasteiger partial charge in [0.05, 0.1) is 22.9 Å². The van der Waals surface area contributed by atoms with Crippen LogP contribution in [0.3, 0.4) is 0 Å². The van der Waals surface area contributed by atoms with Gasteiger partial charge >= 0.3 is 0 Å². The van der Waals surface area contributed by atoms with Crippen LogP contribution in [0, 0.1) is 17.3 Å². The maximum absolute atomic E-state index is 13.1. The van der Waals surface area contributed by atoms with E-state index in [0.29, 0.717) is 17.5 Å². The molecule has 22 heavy (non-hydrogen) atoms. The summed E-state index contributed by atoms with van der Waals surface area (Å²) in [5, 5.41) is 0. The highest BCUT2D eigenvalue weighted by atomic mass is 16.5. The molecule has 4 aliphatic rings. The van der Waals surface area contributed by atoms with Gasteiger partial charge in [-0.25, -0.2) is 0 Å². The Bertz CT molecular complexity index is 766. The summed E-state index contributed by atoms with van der Waals surface area (Å²) in [5.74, 6) is -1.16.